The summed E-state index contributed by atoms with van der Waals surface area (Å²) >= 11 is 0. The molecule has 168 valence electrons. The molecule has 0 radical (unpaired) electrons. The van der Waals surface area contributed by atoms with Crippen LogP contribution in [0.25, 0.3) is 22.3 Å². The van der Waals surface area contributed by atoms with Gasteiger partial charge >= 0.3 is 5.97 Å². The van der Waals surface area contributed by atoms with Crippen LogP contribution < -0.4 is 10.2 Å². The van der Waals surface area contributed by atoms with Crippen molar-refractivity contribution in [2.75, 3.05) is 0 Å². The summed E-state index contributed by atoms with van der Waals surface area (Å²) in [7, 11) is 0. The molecule has 1 aromatic heterocycles. The molecule has 2 heterocycles. The van der Waals surface area contributed by atoms with E-state index >= 15 is 0 Å². The number of aliphatic hydroxyl groups is 3. The number of aromatic hydroxyl groups is 2. The molecule has 0 amide bonds. The van der Waals surface area contributed by atoms with Crippen molar-refractivity contribution in [3.05, 3.63) is 52.7 Å². The number of carbonyl (C=O) groups is 1. The molecule has 0 unspecified atom stereocenters. The Labute approximate surface area is 178 Å². The second-order valence-electron chi connectivity index (χ2n) is 7.14. The van der Waals surface area contributed by atoms with E-state index in [0.717, 1.165) is 12.1 Å². The highest BCUT2D eigenvalue weighted by Crippen LogP contribution is 2.42. The number of rotatable bonds is 4. The monoisotopic (exact) mass is 446 g/mol. The molecule has 3 aromatic rings. The third kappa shape index (κ3) is 3.63. The molecule has 1 aliphatic rings. The van der Waals surface area contributed by atoms with E-state index in [-0.39, 0.29) is 16.7 Å². The van der Waals surface area contributed by atoms with Crippen LogP contribution in [0.3, 0.4) is 0 Å². The van der Waals surface area contributed by atoms with Crippen LogP contribution in [0, 0.1) is 0 Å². The fourth-order valence-electron chi connectivity index (χ4n) is 3.38. The number of ether oxygens (including phenoxy) is 2. The Balaban J connectivity index is 1.77. The summed E-state index contributed by atoms with van der Waals surface area (Å²) in [6.45, 7) is 0. The summed E-state index contributed by atoms with van der Waals surface area (Å²) in [5, 5.41) is 59.2. The quantitative estimate of drug-likeness (QED) is 0.299. The first-order valence-corrected chi connectivity index (χ1v) is 9.36. The zero-order chi connectivity index (χ0) is 23.2. The van der Waals surface area contributed by atoms with E-state index in [1.807, 2.05) is 0 Å². The highest BCUT2D eigenvalue weighted by molar-refractivity contribution is 5.89. The van der Waals surface area contributed by atoms with Crippen LogP contribution in [0.5, 0.6) is 17.2 Å². The van der Waals surface area contributed by atoms with Gasteiger partial charge in [0.1, 0.15) is 35.0 Å². The zero-order valence-electron chi connectivity index (χ0n) is 16.2. The average Bonchev–Trinajstić information content (AvgIpc) is 2.77. The lowest BCUT2D eigenvalue weighted by Crippen LogP contribution is -2.61. The first-order valence-electron chi connectivity index (χ1n) is 9.36. The topological polar surface area (TPSA) is 187 Å². The van der Waals surface area contributed by atoms with Gasteiger partial charge in [0.2, 0.25) is 12.0 Å². The van der Waals surface area contributed by atoms with E-state index < -0.39 is 59.4 Å². The van der Waals surface area contributed by atoms with Gasteiger partial charge in [0, 0.05) is 17.7 Å². The lowest BCUT2D eigenvalue weighted by Gasteiger charge is -2.38. The minimum absolute atomic E-state index is 0.164. The molecule has 0 aliphatic carbocycles. The molecule has 4 rings (SSSR count). The minimum atomic E-state index is -1.94. The Bertz CT molecular complexity index is 1220. The van der Waals surface area contributed by atoms with Crippen LogP contribution in [-0.2, 0) is 9.53 Å². The molecule has 0 spiro atoms. The van der Waals surface area contributed by atoms with Gasteiger partial charge in [-0.05, 0) is 0 Å². The normalized spacial score (nSPS) is 25.5. The number of aliphatic hydroxyl groups excluding tert-OH is 3. The molecule has 2 aromatic carbocycles. The number of hydrogen-bond acceptors (Lipinski definition) is 10. The van der Waals surface area contributed by atoms with Gasteiger partial charge in [-0.15, -0.1) is 0 Å². The number of phenolic OH excluding ortho intramolecular Hbond substituents is 2. The number of benzene rings is 2. The molecule has 1 fully saturated rings. The van der Waals surface area contributed by atoms with Gasteiger partial charge in [0.05, 0.1) is 0 Å². The van der Waals surface area contributed by atoms with Gasteiger partial charge in [-0.3, -0.25) is 4.79 Å². The molecule has 1 aliphatic heterocycles. The lowest BCUT2D eigenvalue weighted by atomic mass is 9.99. The molecule has 5 atom stereocenters. The summed E-state index contributed by atoms with van der Waals surface area (Å²) in [4.78, 5) is 23.8. The van der Waals surface area contributed by atoms with Crippen molar-refractivity contribution in [1.29, 1.82) is 0 Å². The summed E-state index contributed by atoms with van der Waals surface area (Å²) in [6.07, 6.45) is -9.56. The van der Waals surface area contributed by atoms with E-state index in [4.69, 9.17) is 19.0 Å². The third-order valence-electron chi connectivity index (χ3n) is 5.05. The Morgan fingerprint density at radius 3 is 2.28 bits per heavy atom. The summed E-state index contributed by atoms with van der Waals surface area (Å²) < 4.78 is 16.0. The summed E-state index contributed by atoms with van der Waals surface area (Å²) in [5.41, 5.74) is -0.265. The molecule has 0 bridgehead atoms. The minimum Gasteiger partial charge on any atom is -0.504 e. The van der Waals surface area contributed by atoms with Crippen molar-refractivity contribution in [3.63, 3.8) is 0 Å². The van der Waals surface area contributed by atoms with Gasteiger partial charge in [-0.2, -0.15) is 0 Å². The molecule has 0 saturated carbocycles. The smallest absolute Gasteiger partial charge is 0.335 e. The van der Waals surface area contributed by atoms with Crippen LogP contribution >= 0.6 is 0 Å². The van der Waals surface area contributed by atoms with Gasteiger partial charge in [-0.25, -0.2) is 4.79 Å². The Kier molecular flexibility index (Phi) is 5.48. The maximum absolute atomic E-state index is 12.5. The van der Waals surface area contributed by atoms with Crippen LogP contribution in [0.2, 0.25) is 0 Å². The van der Waals surface area contributed by atoms with Crippen LogP contribution in [0.4, 0.5) is 0 Å². The standard InChI is InChI=1S/C21H18O11/c22-9-6-10(8-4-2-1-3-5-8)30-11-7-12(14(23)15(24)13(9)11)31-21-18(27)16(25)17(26)19(32-21)20(28)29/h1-7,16-19,21,23-27H,(H,28,29)/t16-,17-,18+,19-,21+/m1/s1. The molecule has 1 saturated heterocycles. The number of hydrogen-bond donors (Lipinski definition) is 6. The molecule has 6 N–H and O–H groups in total. The maximum Gasteiger partial charge on any atom is 0.335 e. The summed E-state index contributed by atoms with van der Waals surface area (Å²) in [5.74, 6) is -3.76. The van der Waals surface area contributed by atoms with Gasteiger partial charge in [0.25, 0.3) is 0 Å². The molecule has 11 heteroatoms. The van der Waals surface area contributed by atoms with Crippen molar-refractivity contribution in [2.45, 2.75) is 30.7 Å². The number of carboxylic acid groups (broad SMARTS) is 1. The Morgan fingerprint density at radius 2 is 1.62 bits per heavy atom. The van der Waals surface area contributed by atoms with E-state index in [9.17, 15) is 35.1 Å². The largest absolute Gasteiger partial charge is 0.504 e. The SMILES string of the molecule is O=C(O)[C@@H]1O[C@H](Oc2cc3oc(-c4ccccc4)cc(=O)c3c(O)c2O)[C@@H](O)[C@H](O)[C@H]1O. The first kappa shape index (κ1) is 21.6. The second kappa shape index (κ2) is 8.13. The number of fused-ring (bicyclic) bond motifs is 1. The molecular formula is C21H18O11. The average molecular weight is 446 g/mol. The van der Waals surface area contributed by atoms with Crippen molar-refractivity contribution in [2.24, 2.45) is 0 Å². The van der Waals surface area contributed by atoms with Crippen LogP contribution in [0.1, 0.15) is 0 Å². The maximum atomic E-state index is 12.5. The number of carboxylic acids is 1. The number of phenols is 2. The number of aliphatic carboxylic acids is 1. The van der Waals surface area contributed by atoms with Crippen LogP contribution in [0.15, 0.2) is 51.7 Å². The molecular weight excluding hydrogens is 428 g/mol. The first-order chi connectivity index (χ1) is 15.2. The van der Waals surface area contributed by atoms with Gasteiger partial charge < -0.3 is 44.5 Å². The van der Waals surface area contributed by atoms with Crippen LogP contribution in [-0.4, -0.2) is 67.3 Å². The predicted molar refractivity (Wildman–Crippen MR) is 106 cm³/mol. The fourth-order valence-corrected chi connectivity index (χ4v) is 3.38. The van der Waals surface area contributed by atoms with Gasteiger partial charge in [-0.1, -0.05) is 30.3 Å². The molecule has 11 nitrogen and oxygen atoms in total. The second-order valence-corrected chi connectivity index (χ2v) is 7.14. The molecule has 32 heavy (non-hydrogen) atoms. The van der Waals surface area contributed by atoms with Crippen molar-refractivity contribution in [1.82, 2.24) is 0 Å². The van der Waals surface area contributed by atoms with E-state index in [2.05, 4.69) is 0 Å². The van der Waals surface area contributed by atoms with Crippen molar-refractivity contribution in [3.8, 4) is 28.6 Å². The van der Waals surface area contributed by atoms with E-state index in [1.165, 1.54) is 0 Å². The van der Waals surface area contributed by atoms with Crippen molar-refractivity contribution < 1.29 is 49.3 Å². The Morgan fingerprint density at radius 1 is 0.938 bits per heavy atom. The zero-order valence-corrected chi connectivity index (χ0v) is 16.2. The highest BCUT2D eigenvalue weighted by Gasteiger charge is 2.48. The lowest BCUT2D eigenvalue weighted by molar-refractivity contribution is -0.271. The predicted octanol–water partition coefficient (Wildman–Crippen LogP) is 0.142. The van der Waals surface area contributed by atoms with E-state index in [1.54, 1.807) is 30.3 Å². The van der Waals surface area contributed by atoms with Crippen molar-refractivity contribution >= 4 is 16.9 Å². The summed E-state index contributed by atoms with van der Waals surface area (Å²) in [6, 6.07) is 10.8. The fraction of sp³-hybridized carbons (Fsp3) is 0.238. The van der Waals surface area contributed by atoms with E-state index in [0.29, 0.717) is 5.56 Å². The van der Waals surface area contributed by atoms with Gasteiger partial charge in [0.15, 0.2) is 23.0 Å². The highest BCUT2D eigenvalue weighted by atomic mass is 16.7. The Hall–Kier alpha value is -3.64. The third-order valence-corrected chi connectivity index (χ3v) is 5.05.